The second-order valence-electron chi connectivity index (χ2n) is 3.37. The average Bonchev–Trinajstić information content (AvgIpc) is 2.27. The summed E-state index contributed by atoms with van der Waals surface area (Å²) >= 11 is 0. The van der Waals surface area contributed by atoms with Crippen LogP contribution in [0.3, 0.4) is 0 Å². The molecule has 0 radical (unpaired) electrons. The third-order valence-corrected chi connectivity index (χ3v) is 2.17. The van der Waals surface area contributed by atoms with Gasteiger partial charge in [-0.2, -0.15) is 5.10 Å². The van der Waals surface area contributed by atoms with Crippen LogP contribution in [0.2, 0.25) is 0 Å². The van der Waals surface area contributed by atoms with Crippen LogP contribution in [0.5, 0.6) is 0 Å². The molecule has 0 spiro atoms. The topological polar surface area (TPSA) is 36.3 Å². The summed E-state index contributed by atoms with van der Waals surface area (Å²) in [4.78, 5) is 0. The van der Waals surface area contributed by atoms with Crippen molar-refractivity contribution >= 4 is 0 Å². The van der Waals surface area contributed by atoms with Gasteiger partial charge in [0.2, 0.25) is 0 Å². The van der Waals surface area contributed by atoms with E-state index in [4.69, 9.17) is 9.47 Å². The minimum atomic E-state index is 0.287. The van der Waals surface area contributed by atoms with E-state index >= 15 is 0 Å². The van der Waals surface area contributed by atoms with Crippen LogP contribution in [0, 0.1) is 6.92 Å². The first-order chi connectivity index (χ1) is 6.25. The Morgan fingerprint density at radius 3 is 2.92 bits per heavy atom. The molecule has 1 aromatic heterocycles. The van der Waals surface area contributed by atoms with Gasteiger partial charge in [0.15, 0.2) is 0 Å². The van der Waals surface area contributed by atoms with Crippen LogP contribution in [0.4, 0.5) is 0 Å². The molecule has 0 aromatic carbocycles. The highest BCUT2D eigenvalue weighted by atomic mass is 16.6. The maximum absolute atomic E-state index is 5.57. The molecule has 1 saturated heterocycles. The smallest absolute Gasteiger partial charge is 0.105 e. The summed E-state index contributed by atoms with van der Waals surface area (Å²) < 4.78 is 12.4. The largest absolute Gasteiger partial charge is 0.376 e. The molecule has 1 fully saturated rings. The van der Waals surface area contributed by atoms with Crippen LogP contribution in [0.25, 0.3) is 0 Å². The summed E-state index contributed by atoms with van der Waals surface area (Å²) in [6, 6.07) is 2.04. The van der Waals surface area contributed by atoms with E-state index in [0.29, 0.717) is 6.61 Å². The highest BCUT2D eigenvalue weighted by Gasteiger charge is 2.19. The fourth-order valence-corrected chi connectivity index (χ4v) is 1.31. The summed E-state index contributed by atoms with van der Waals surface area (Å²) in [5, 5.41) is 4.24. The molecule has 2 heterocycles. The highest BCUT2D eigenvalue weighted by molar-refractivity contribution is 5.07. The molecule has 0 amide bonds. The van der Waals surface area contributed by atoms with Gasteiger partial charge in [-0.05, 0) is 13.0 Å². The molecule has 72 valence electrons. The minimum Gasteiger partial charge on any atom is -0.376 e. The average molecular weight is 182 g/mol. The summed E-state index contributed by atoms with van der Waals surface area (Å²) in [5.41, 5.74) is 2.15. The lowest BCUT2D eigenvalue weighted by Gasteiger charge is -2.25. The number of rotatable bonds is 3. The quantitative estimate of drug-likeness (QED) is 0.688. The fraction of sp³-hybridized carbons (Fsp3) is 0.667. The SMILES string of the molecule is Cc1cc(COC2COC2)n(C)n1. The predicted octanol–water partition coefficient (Wildman–Crippen LogP) is 0.644. The highest BCUT2D eigenvalue weighted by Crippen LogP contribution is 2.10. The monoisotopic (exact) mass is 182 g/mol. The molecule has 0 aliphatic carbocycles. The van der Waals surface area contributed by atoms with E-state index in [1.165, 1.54) is 0 Å². The number of aromatic nitrogens is 2. The van der Waals surface area contributed by atoms with E-state index in [1.807, 2.05) is 24.7 Å². The van der Waals surface area contributed by atoms with Gasteiger partial charge < -0.3 is 9.47 Å². The van der Waals surface area contributed by atoms with Gasteiger partial charge >= 0.3 is 0 Å². The normalized spacial score (nSPS) is 17.4. The third kappa shape index (κ3) is 1.89. The first kappa shape index (κ1) is 8.72. The molecular weight excluding hydrogens is 168 g/mol. The van der Waals surface area contributed by atoms with E-state index < -0.39 is 0 Å². The number of aryl methyl sites for hydroxylation is 2. The standard InChI is InChI=1S/C9H14N2O2/c1-7-3-8(11(2)10-7)4-13-9-5-12-6-9/h3,9H,4-6H2,1-2H3. The fourth-order valence-electron chi connectivity index (χ4n) is 1.31. The van der Waals surface area contributed by atoms with Gasteiger partial charge in [0.05, 0.1) is 31.2 Å². The van der Waals surface area contributed by atoms with Crippen LogP contribution < -0.4 is 0 Å². The maximum atomic E-state index is 5.57. The number of hydrogen-bond acceptors (Lipinski definition) is 3. The molecule has 13 heavy (non-hydrogen) atoms. The van der Waals surface area contributed by atoms with Gasteiger partial charge in [0.1, 0.15) is 6.10 Å². The lowest BCUT2D eigenvalue weighted by molar-refractivity contribution is -0.136. The van der Waals surface area contributed by atoms with Crippen LogP contribution >= 0.6 is 0 Å². The summed E-state index contributed by atoms with van der Waals surface area (Å²) in [6.07, 6.45) is 0.287. The van der Waals surface area contributed by atoms with Crippen molar-refractivity contribution in [2.45, 2.75) is 19.6 Å². The Bertz CT molecular complexity index is 292. The molecule has 0 bridgehead atoms. The summed E-state index contributed by atoms with van der Waals surface area (Å²) in [6.45, 7) is 4.08. The van der Waals surface area contributed by atoms with Crippen molar-refractivity contribution in [1.29, 1.82) is 0 Å². The zero-order valence-corrected chi connectivity index (χ0v) is 7.99. The van der Waals surface area contributed by atoms with Gasteiger partial charge in [0.25, 0.3) is 0 Å². The van der Waals surface area contributed by atoms with E-state index in [-0.39, 0.29) is 6.10 Å². The molecule has 4 heteroatoms. The van der Waals surface area contributed by atoms with Crippen molar-refractivity contribution in [3.05, 3.63) is 17.5 Å². The van der Waals surface area contributed by atoms with Gasteiger partial charge in [-0.3, -0.25) is 4.68 Å². The zero-order chi connectivity index (χ0) is 9.26. The van der Waals surface area contributed by atoms with Crippen LogP contribution in [0.1, 0.15) is 11.4 Å². The molecule has 0 saturated carbocycles. The minimum absolute atomic E-state index is 0.287. The van der Waals surface area contributed by atoms with Gasteiger partial charge in [-0.15, -0.1) is 0 Å². The van der Waals surface area contributed by atoms with Gasteiger partial charge in [-0.1, -0.05) is 0 Å². The summed E-state index contributed by atoms with van der Waals surface area (Å²) in [5.74, 6) is 0. The molecule has 1 aliphatic heterocycles. The second-order valence-corrected chi connectivity index (χ2v) is 3.37. The third-order valence-electron chi connectivity index (χ3n) is 2.17. The Morgan fingerprint density at radius 1 is 1.69 bits per heavy atom. The lowest BCUT2D eigenvalue weighted by atomic mass is 10.3. The first-order valence-electron chi connectivity index (χ1n) is 4.44. The molecule has 1 aliphatic rings. The number of hydrogen-bond donors (Lipinski definition) is 0. The van der Waals surface area contributed by atoms with E-state index in [1.54, 1.807) is 0 Å². The van der Waals surface area contributed by atoms with Crippen molar-refractivity contribution in [1.82, 2.24) is 9.78 Å². The van der Waals surface area contributed by atoms with Crippen molar-refractivity contribution < 1.29 is 9.47 Å². The van der Waals surface area contributed by atoms with Crippen LogP contribution in [-0.4, -0.2) is 29.1 Å². The van der Waals surface area contributed by atoms with E-state index in [9.17, 15) is 0 Å². The Morgan fingerprint density at radius 2 is 2.46 bits per heavy atom. The zero-order valence-electron chi connectivity index (χ0n) is 7.99. The number of nitrogens with zero attached hydrogens (tertiary/aromatic N) is 2. The van der Waals surface area contributed by atoms with E-state index in [2.05, 4.69) is 5.10 Å². The number of ether oxygens (including phenoxy) is 2. The Hall–Kier alpha value is -0.870. The van der Waals surface area contributed by atoms with Gasteiger partial charge in [-0.25, -0.2) is 0 Å². The molecule has 0 N–H and O–H groups in total. The molecule has 1 aromatic rings. The van der Waals surface area contributed by atoms with E-state index in [0.717, 1.165) is 24.6 Å². The summed E-state index contributed by atoms with van der Waals surface area (Å²) in [7, 11) is 1.93. The van der Waals surface area contributed by atoms with Crippen molar-refractivity contribution in [2.75, 3.05) is 13.2 Å². The predicted molar refractivity (Wildman–Crippen MR) is 47.3 cm³/mol. The second kappa shape index (κ2) is 3.47. The van der Waals surface area contributed by atoms with Crippen LogP contribution in [-0.2, 0) is 23.1 Å². The Kier molecular flexibility index (Phi) is 2.33. The molecule has 4 nitrogen and oxygen atoms in total. The lowest BCUT2D eigenvalue weighted by Crippen LogP contribution is -2.35. The Balaban J connectivity index is 1.89. The first-order valence-corrected chi connectivity index (χ1v) is 4.44. The maximum Gasteiger partial charge on any atom is 0.105 e. The molecule has 0 unspecified atom stereocenters. The molecular formula is C9H14N2O2. The van der Waals surface area contributed by atoms with Crippen molar-refractivity contribution in [2.24, 2.45) is 7.05 Å². The molecule has 2 rings (SSSR count). The van der Waals surface area contributed by atoms with Crippen molar-refractivity contribution in [3.8, 4) is 0 Å². The molecule has 0 atom stereocenters. The Labute approximate surface area is 77.4 Å². The van der Waals surface area contributed by atoms with Gasteiger partial charge in [0, 0.05) is 7.05 Å². The van der Waals surface area contributed by atoms with Crippen molar-refractivity contribution in [3.63, 3.8) is 0 Å². The van der Waals surface area contributed by atoms with Crippen LogP contribution in [0.15, 0.2) is 6.07 Å².